The van der Waals surface area contributed by atoms with E-state index in [4.69, 9.17) is 5.73 Å². The summed E-state index contributed by atoms with van der Waals surface area (Å²) in [4.78, 5) is 0. The minimum Gasteiger partial charge on any atom is -0.324 e. The quantitative estimate of drug-likeness (QED) is 0.762. The second-order valence-corrected chi connectivity index (χ2v) is 4.89. The molecular formula is C13H21N. The molecule has 0 bridgehead atoms. The summed E-state index contributed by atoms with van der Waals surface area (Å²) in [7, 11) is 0. The molecule has 0 aliphatic rings. The average Bonchev–Trinajstić information content (AvgIpc) is 2.15. The van der Waals surface area contributed by atoms with Crippen molar-refractivity contribution in [2.24, 2.45) is 5.73 Å². The smallest absolute Gasteiger partial charge is 0.0292 e. The maximum atomic E-state index is 5.95. The second-order valence-electron chi connectivity index (χ2n) is 4.89. The first-order chi connectivity index (χ1) is 6.45. The second kappa shape index (κ2) is 4.14. The maximum Gasteiger partial charge on any atom is 0.0292 e. The van der Waals surface area contributed by atoms with E-state index in [0.717, 1.165) is 6.42 Å². The highest BCUT2D eigenvalue weighted by Crippen LogP contribution is 2.23. The fourth-order valence-corrected chi connectivity index (χ4v) is 1.47. The Morgan fingerprint density at radius 2 is 1.64 bits per heavy atom. The van der Waals surface area contributed by atoms with Crippen LogP contribution in [0, 0.1) is 0 Å². The van der Waals surface area contributed by atoms with Gasteiger partial charge in [-0.2, -0.15) is 0 Å². The first kappa shape index (κ1) is 11.3. The Morgan fingerprint density at radius 1 is 1.14 bits per heavy atom. The lowest BCUT2D eigenvalue weighted by Gasteiger charge is -2.20. The minimum absolute atomic E-state index is 0.184. The molecule has 1 aromatic carbocycles. The molecule has 0 aliphatic carbocycles. The highest BCUT2D eigenvalue weighted by molar-refractivity contribution is 5.28. The number of rotatable bonds is 2. The molecule has 1 atom stereocenters. The van der Waals surface area contributed by atoms with Crippen LogP contribution in [0.25, 0.3) is 0 Å². The average molecular weight is 191 g/mol. The summed E-state index contributed by atoms with van der Waals surface area (Å²) < 4.78 is 0. The van der Waals surface area contributed by atoms with Gasteiger partial charge in [-0.25, -0.2) is 0 Å². The van der Waals surface area contributed by atoms with Crippen molar-refractivity contribution in [2.75, 3.05) is 0 Å². The maximum absolute atomic E-state index is 5.95. The molecular weight excluding hydrogens is 170 g/mol. The molecule has 2 N–H and O–H groups in total. The van der Waals surface area contributed by atoms with Crippen molar-refractivity contribution in [3.63, 3.8) is 0 Å². The predicted octanol–water partition coefficient (Wildman–Crippen LogP) is 3.39. The van der Waals surface area contributed by atoms with Gasteiger partial charge < -0.3 is 5.73 Å². The van der Waals surface area contributed by atoms with Gasteiger partial charge in [0.2, 0.25) is 0 Å². The first-order valence-electron chi connectivity index (χ1n) is 5.31. The van der Waals surface area contributed by atoms with Gasteiger partial charge in [0.15, 0.2) is 0 Å². The van der Waals surface area contributed by atoms with Crippen LogP contribution in [0.5, 0.6) is 0 Å². The van der Waals surface area contributed by atoms with Gasteiger partial charge >= 0.3 is 0 Å². The summed E-state index contributed by atoms with van der Waals surface area (Å²) in [6.45, 7) is 8.79. The lowest BCUT2D eigenvalue weighted by Crippen LogP contribution is -2.12. The summed E-state index contributed by atoms with van der Waals surface area (Å²) in [5, 5.41) is 0. The standard InChI is InChI=1S/C13H21N/c1-5-12(14)10-6-8-11(9-7-10)13(2,3)4/h6-9,12H,5,14H2,1-4H3/t12-/m1/s1. The molecule has 1 aromatic rings. The van der Waals surface area contributed by atoms with Crippen LogP contribution in [0.4, 0.5) is 0 Å². The number of benzene rings is 1. The molecule has 0 aromatic heterocycles. The third-order valence-corrected chi connectivity index (χ3v) is 2.64. The number of hydrogen-bond donors (Lipinski definition) is 1. The van der Waals surface area contributed by atoms with E-state index in [9.17, 15) is 0 Å². The van der Waals surface area contributed by atoms with Gasteiger partial charge in [0.05, 0.1) is 0 Å². The highest BCUT2D eigenvalue weighted by Gasteiger charge is 2.13. The van der Waals surface area contributed by atoms with Gasteiger partial charge in [-0.15, -0.1) is 0 Å². The van der Waals surface area contributed by atoms with Crippen LogP contribution in [-0.2, 0) is 5.41 Å². The molecule has 0 heterocycles. The van der Waals surface area contributed by atoms with Crippen molar-refractivity contribution in [3.05, 3.63) is 35.4 Å². The van der Waals surface area contributed by atoms with Gasteiger partial charge in [0.1, 0.15) is 0 Å². The minimum atomic E-state index is 0.184. The zero-order valence-electron chi connectivity index (χ0n) is 9.67. The van der Waals surface area contributed by atoms with Crippen LogP contribution < -0.4 is 5.73 Å². The van der Waals surface area contributed by atoms with E-state index in [1.165, 1.54) is 11.1 Å². The van der Waals surface area contributed by atoms with Crippen molar-refractivity contribution in [3.8, 4) is 0 Å². The number of nitrogens with two attached hydrogens (primary N) is 1. The molecule has 0 aliphatic heterocycles. The molecule has 1 heteroatoms. The van der Waals surface area contributed by atoms with E-state index in [2.05, 4.69) is 52.0 Å². The van der Waals surface area contributed by atoms with Crippen molar-refractivity contribution in [1.29, 1.82) is 0 Å². The van der Waals surface area contributed by atoms with E-state index >= 15 is 0 Å². The van der Waals surface area contributed by atoms with Gasteiger partial charge in [-0.1, -0.05) is 52.0 Å². The van der Waals surface area contributed by atoms with E-state index in [1.54, 1.807) is 0 Å². The van der Waals surface area contributed by atoms with Crippen LogP contribution >= 0.6 is 0 Å². The molecule has 0 radical (unpaired) electrons. The van der Waals surface area contributed by atoms with Crippen LogP contribution in [0.15, 0.2) is 24.3 Å². The monoisotopic (exact) mass is 191 g/mol. The fraction of sp³-hybridized carbons (Fsp3) is 0.538. The third kappa shape index (κ3) is 2.58. The Morgan fingerprint density at radius 3 is 2.00 bits per heavy atom. The lowest BCUT2D eigenvalue weighted by atomic mass is 9.86. The van der Waals surface area contributed by atoms with Gasteiger partial charge in [0, 0.05) is 6.04 Å². The Hall–Kier alpha value is -0.820. The summed E-state index contributed by atoms with van der Waals surface area (Å²) in [5.74, 6) is 0. The summed E-state index contributed by atoms with van der Waals surface area (Å²) in [5.41, 5.74) is 8.79. The van der Waals surface area contributed by atoms with E-state index in [1.807, 2.05) is 0 Å². The van der Waals surface area contributed by atoms with E-state index < -0.39 is 0 Å². The van der Waals surface area contributed by atoms with Crippen LogP contribution in [-0.4, -0.2) is 0 Å². The molecule has 14 heavy (non-hydrogen) atoms. The largest absolute Gasteiger partial charge is 0.324 e. The summed E-state index contributed by atoms with van der Waals surface area (Å²) in [6, 6.07) is 8.85. The normalized spacial score (nSPS) is 14.1. The Labute approximate surface area is 87.3 Å². The van der Waals surface area contributed by atoms with E-state index in [-0.39, 0.29) is 11.5 Å². The Bertz CT molecular complexity index is 279. The molecule has 1 rings (SSSR count). The molecule has 0 saturated carbocycles. The van der Waals surface area contributed by atoms with Crippen LogP contribution in [0.1, 0.15) is 51.3 Å². The first-order valence-corrected chi connectivity index (χ1v) is 5.31. The zero-order valence-corrected chi connectivity index (χ0v) is 9.67. The van der Waals surface area contributed by atoms with Crippen molar-refractivity contribution >= 4 is 0 Å². The Balaban J connectivity index is 2.89. The van der Waals surface area contributed by atoms with Crippen molar-refractivity contribution < 1.29 is 0 Å². The summed E-state index contributed by atoms with van der Waals surface area (Å²) in [6.07, 6.45) is 0.995. The SMILES string of the molecule is CC[C@@H](N)c1ccc(C(C)(C)C)cc1. The van der Waals surface area contributed by atoms with Crippen molar-refractivity contribution in [1.82, 2.24) is 0 Å². The van der Waals surface area contributed by atoms with Gasteiger partial charge in [-0.3, -0.25) is 0 Å². The van der Waals surface area contributed by atoms with Gasteiger partial charge in [-0.05, 0) is 23.0 Å². The number of hydrogen-bond acceptors (Lipinski definition) is 1. The molecule has 0 spiro atoms. The molecule has 0 amide bonds. The van der Waals surface area contributed by atoms with E-state index in [0.29, 0.717) is 0 Å². The molecule has 0 saturated heterocycles. The van der Waals surface area contributed by atoms with Gasteiger partial charge in [0.25, 0.3) is 0 Å². The highest BCUT2D eigenvalue weighted by atomic mass is 14.6. The lowest BCUT2D eigenvalue weighted by molar-refractivity contribution is 0.589. The predicted molar refractivity (Wildman–Crippen MR) is 62.4 cm³/mol. The topological polar surface area (TPSA) is 26.0 Å². The third-order valence-electron chi connectivity index (χ3n) is 2.64. The molecule has 1 nitrogen and oxygen atoms in total. The molecule has 0 fully saturated rings. The van der Waals surface area contributed by atoms with Crippen LogP contribution in [0.3, 0.4) is 0 Å². The van der Waals surface area contributed by atoms with Crippen LogP contribution in [0.2, 0.25) is 0 Å². The molecule has 78 valence electrons. The Kier molecular flexibility index (Phi) is 3.33. The summed E-state index contributed by atoms with van der Waals surface area (Å²) >= 11 is 0. The molecule has 0 unspecified atom stereocenters. The zero-order chi connectivity index (χ0) is 10.8. The van der Waals surface area contributed by atoms with Crippen molar-refractivity contribution in [2.45, 2.75) is 45.6 Å². The fourth-order valence-electron chi connectivity index (χ4n) is 1.47.